The molecule has 2 amide bonds. The van der Waals surface area contributed by atoms with E-state index >= 15 is 0 Å². The van der Waals surface area contributed by atoms with Crippen molar-refractivity contribution >= 4 is 40.7 Å². The molecule has 1 fully saturated rings. The number of rotatable bonds is 7. The molecule has 8 nitrogen and oxygen atoms in total. The number of benzene rings is 1. The Balaban J connectivity index is 1.67. The Labute approximate surface area is 226 Å². The van der Waals surface area contributed by atoms with E-state index in [1.807, 2.05) is 0 Å². The number of carbonyl (C=O) groups is 2. The van der Waals surface area contributed by atoms with E-state index in [2.05, 4.69) is 20.7 Å². The number of nitrogens with one attached hydrogen (secondary N) is 2. The van der Waals surface area contributed by atoms with Crippen LogP contribution in [0, 0.1) is 6.92 Å². The lowest BCUT2D eigenvalue weighted by atomic mass is 9.95. The lowest BCUT2D eigenvalue weighted by Gasteiger charge is -2.24. The van der Waals surface area contributed by atoms with E-state index in [9.17, 15) is 22.8 Å². The van der Waals surface area contributed by atoms with Crippen LogP contribution in [-0.2, 0) is 0 Å². The second-order valence-corrected chi connectivity index (χ2v) is 9.74. The van der Waals surface area contributed by atoms with Gasteiger partial charge in [-0.3, -0.25) is 9.59 Å². The fraction of sp³-hybridized carbons (Fsp3) is 0.360. The molecule has 1 aliphatic rings. The van der Waals surface area contributed by atoms with E-state index in [1.54, 1.807) is 19.1 Å². The number of nitrogens with zero attached hydrogens (tertiary/aromatic N) is 3. The quantitative estimate of drug-likeness (QED) is 0.356. The van der Waals surface area contributed by atoms with Crippen LogP contribution in [0.4, 0.5) is 18.9 Å². The number of hydrogen-bond acceptors (Lipinski definition) is 5. The average molecular weight is 570 g/mol. The topological polar surface area (TPSA) is 98.1 Å². The Hall–Kier alpha value is -3.31. The van der Waals surface area contributed by atoms with Gasteiger partial charge < -0.3 is 15.4 Å². The van der Waals surface area contributed by atoms with Crippen molar-refractivity contribution in [1.29, 1.82) is 0 Å². The molecule has 202 valence electrons. The largest absolute Gasteiger partial charge is 0.467 e. The Bertz CT molecular complexity index is 1340. The summed E-state index contributed by atoms with van der Waals surface area (Å²) >= 11 is 12.4. The summed E-state index contributed by atoms with van der Waals surface area (Å²) in [4.78, 5) is 30.7. The summed E-state index contributed by atoms with van der Waals surface area (Å²) < 4.78 is 43.9. The third-order valence-corrected chi connectivity index (χ3v) is 6.48. The highest BCUT2D eigenvalue weighted by atomic mass is 35.5. The number of pyridine rings is 1. The van der Waals surface area contributed by atoms with Crippen molar-refractivity contribution in [1.82, 2.24) is 20.1 Å². The number of amides is 2. The van der Waals surface area contributed by atoms with Crippen LogP contribution >= 0.6 is 23.2 Å². The van der Waals surface area contributed by atoms with E-state index < -0.39 is 30.5 Å². The molecule has 1 aliphatic carbocycles. The first-order valence-electron chi connectivity index (χ1n) is 11.8. The van der Waals surface area contributed by atoms with Crippen molar-refractivity contribution in [2.75, 3.05) is 11.9 Å². The van der Waals surface area contributed by atoms with Crippen molar-refractivity contribution in [3.05, 3.63) is 63.4 Å². The molecule has 2 aromatic heterocycles. The van der Waals surface area contributed by atoms with Crippen LogP contribution in [0.2, 0.25) is 10.0 Å². The minimum Gasteiger partial charge on any atom is -0.467 e. The summed E-state index contributed by atoms with van der Waals surface area (Å²) in [6.07, 6.45) is 1.64. The number of alkyl halides is 3. The van der Waals surface area contributed by atoms with E-state index in [0.717, 1.165) is 42.9 Å². The van der Waals surface area contributed by atoms with Gasteiger partial charge in [-0.2, -0.15) is 13.2 Å². The number of carbonyl (C=O) groups excluding carboxylic acids is 2. The molecule has 0 saturated heterocycles. The van der Waals surface area contributed by atoms with Gasteiger partial charge in [0.15, 0.2) is 12.4 Å². The summed E-state index contributed by atoms with van der Waals surface area (Å²) in [7, 11) is 0. The molecule has 0 bridgehead atoms. The number of hydrogen-bond donors (Lipinski definition) is 2. The summed E-state index contributed by atoms with van der Waals surface area (Å²) in [5.74, 6) is -1.63. The van der Waals surface area contributed by atoms with Crippen molar-refractivity contribution in [3.8, 4) is 11.7 Å². The Kier molecular flexibility index (Phi) is 8.47. The molecule has 3 aromatic rings. The number of halogens is 5. The van der Waals surface area contributed by atoms with Crippen molar-refractivity contribution in [3.63, 3.8) is 0 Å². The molecule has 0 radical (unpaired) electrons. The van der Waals surface area contributed by atoms with E-state index in [4.69, 9.17) is 27.9 Å². The minimum atomic E-state index is -4.62. The maximum atomic E-state index is 13.5. The van der Waals surface area contributed by atoms with Crippen molar-refractivity contribution in [2.45, 2.75) is 51.2 Å². The number of ether oxygens (including phenoxy) is 1. The predicted molar refractivity (Wildman–Crippen MR) is 136 cm³/mol. The standard InChI is InChI=1S/C25H24Cl2F3N5O3/c1-14-10-15(26)11-17(23(36)32-16-6-3-2-4-7-16)21(14)33-24(37)19-12-20(38-13-25(28,29)30)34-35(19)22-18(27)8-5-9-31-22/h5,8-12,16H,2-4,6-7,13H2,1H3,(H,32,36)(H,33,37). The Morgan fingerprint density at radius 2 is 1.87 bits per heavy atom. The van der Waals surface area contributed by atoms with Gasteiger partial charge in [0.1, 0.15) is 5.69 Å². The molecule has 0 unspecified atom stereocenters. The zero-order valence-electron chi connectivity index (χ0n) is 20.2. The molecule has 2 heterocycles. The summed E-state index contributed by atoms with van der Waals surface area (Å²) in [5, 5.41) is 10.1. The Morgan fingerprint density at radius 3 is 2.55 bits per heavy atom. The third-order valence-electron chi connectivity index (χ3n) is 5.97. The molecule has 2 N–H and O–H groups in total. The smallest absolute Gasteiger partial charge is 0.422 e. The summed E-state index contributed by atoms with van der Waals surface area (Å²) in [6.45, 7) is 0.0620. The van der Waals surface area contributed by atoms with E-state index in [-0.39, 0.29) is 33.8 Å². The van der Waals surface area contributed by atoms with Crippen LogP contribution in [0.25, 0.3) is 5.82 Å². The molecular formula is C25H24Cl2F3N5O3. The van der Waals surface area contributed by atoms with Crippen LogP contribution in [0.3, 0.4) is 0 Å². The van der Waals surface area contributed by atoms with Crippen molar-refractivity contribution < 1.29 is 27.5 Å². The summed E-state index contributed by atoms with van der Waals surface area (Å²) in [6, 6.07) is 7.12. The van der Waals surface area contributed by atoms with E-state index in [1.165, 1.54) is 18.3 Å². The van der Waals surface area contributed by atoms with Crippen LogP contribution in [0.5, 0.6) is 5.88 Å². The van der Waals surface area contributed by atoms with Gasteiger partial charge in [0.05, 0.1) is 16.3 Å². The maximum Gasteiger partial charge on any atom is 0.422 e. The van der Waals surface area contributed by atoms with Gasteiger partial charge in [-0.15, -0.1) is 5.10 Å². The highest BCUT2D eigenvalue weighted by Crippen LogP contribution is 2.29. The van der Waals surface area contributed by atoms with Crippen LogP contribution < -0.4 is 15.4 Å². The van der Waals surface area contributed by atoms with Gasteiger partial charge in [-0.1, -0.05) is 42.5 Å². The molecule has 0 spiro atoms. The van der Waals surface area contributed by atoms with E-state index in [0.29, 0.717) is 10.6 Å². The minimum absolute atomic E-state index is 0.00395. The number of aromatic nitrogens is 3. The van der Waals surface area contributed by atoms with Gasteiger partial charge in [0.25, 0.3) is 11.8 Å². The van der Waals surface area contributed by atoms with Crippen LogP contribution in [0.15, 0.2) is 36.5 Å². The predicted octanol–water partition coefficient (Wildman–Crippen LogP) is 6.14. The SMILES string of the molecule is Cc1cc(Cl)cc(C(=O)NC2CCCCC2)c1NC(=O)c1cc(OCC(F)(F)F)nn1-c1ncccc1Cl. The lowest BCUT2D eigenvalue weighted by Crippen LogP contribution is -2.36. The molecule has 1 saturated carbocycles. The first-order valence-corrected chi connectivity index (χ1v) is 12.6. The molecule has 4 rings (SSSR count). The van der Waals surface area contributed by atoms with Crippen LogP contribution in [0.1, 0.15) is 58.5 Å². The Morgan fingerprint density at radius 1 is 1.13 bits per heavy atom. The lowest BCUT2D eigenvalue weighted by molar-refractivity contribution is -0.154. The fourth-order valence-electron chi connectivity index (χ4n) is 4.22. The molecule has 0 atom stereocenters. The molecule has 1 aromatic carbocycles. The first-order chi connectivity index (χ1) is 18.0. The first kappa shape index (κ1) is 27.7. The molecule has 38 heavy (non-hydrogen) atoms. The molecule has 13 heteroatoms. The van der Waals surface area contributed by atoms with Crippen molar-refractivity contribution in [2.24, 2.45) is 0 Å². The third kappa shape index (κ3) is 6.76. The van der Waals surface area contributed by atoms with Gasteiger partial charge in [0.2, 0.25) is 5.88 Å². The van der Waals surface area contributed by atoms with Gasteiger partial charge in [-0.05, 0) is 49.6 Å². The average Bonchev–Trinajstić information content (AvgIpc) is 3.29. The normalized spacial score (nSPS) is 14.3. The number of anilines is 1. The van der Waals surface area contributed by atoms with Gasteiger partial charge in [-0.25, -0.2) is 9.67 Å². The zero-order valence-corrected chi connectivity index (χ0v) is 21.8. The summed E-state index contributed by atoms with van der Waals surface area (Å²) in [5.41, 5.74) is 0.653. The highest BCUT2D eigenvalue weighted by molar-refractivity contribution is 6.32. The van der Waals surface area contributed by atoms with Gasteiger partial charge >= 0.3 is 6.18 Å². The highest BCUT2D eigenvalue weighted by Gasteiger charge is 2.30. The van der Waals surface area contributed by atoms with Crippen LogP contribution in [-0.4, -0.2) is 45.4 Å². The molecular weight excluding hydrogens is 546 g/mol. The second-order valence-electron chi connectivity index (χ2n) is 8.90. The molecule has 0 aliphatic heterocycles. The second kappa shape index (κ2) is 11.6. The maximum absolute atomic E-state index is 13.5. The van der Waals surface area contributed by atoms with Gasteiger partial charge in [0, 0.05) is 23.3 Å². The monoisotopic (exact) mass is 569 g/mol. The zero-order chi connectivity index (χ0) is 27.4. The number of aryl methyl sites for hydroxylation is 1. The fourth-order valence-corrected chi connectivity index (χ4v) is 4.69.